The van der Waals surface area contributed by atoms with E-state index in [-0.39, 0.29) is 28.0 Å². The molecule has 110 valence electrons. The van der Waals surface area contributed by atoms with Crippen molar-refractivity contribution in [3.63, 3.8) is 0 Å². The van der Waals surface area contributed by atoms with Crippen molar-refractivity contribution in [1.82, 2.24) is 4.90 Å². The van der Waals surface area contributed by atoms with Gasteiger partial charge < -0.3 is 15.1 Å². The Morgan fingerprint density at radius 1 is 1.19 bits per heavy atom. The maximum atomic E-state index is 12.3. The van der Waals surface area contributed by atoms with E-state index in [2.05, 4.69) is 0 Å². The van der Waals surface area contributed by atoms with Crippen molar-refractivity contribution >= 4 is 17.5 Å². The number of amides is 1. The lowest BCUT2D eigenvalue weighted by Crippen LogP contribution is -2.26. The van der Waals surface area contributed by atoms with Crippen LogP contribution >= 0.6 is 11.6 Å². The summed E-state index contributed by atoms with van der Waals surface area (Å²) in [5.74, 6) is -0.916. The first-order valence-electron chi connectivity index (χ1n) is 6.41. The average molecular weight is 306 g/mol. The molecule has 0 aliphatic rings. The molecule has 21 heavy (non-hydrogen) atoms. The van der Waals surface area contributed by atoms with Crippen molar-refractivity contribution in [1.29, 1.82) is 0 Å². The summed E-state index contributed by atoms with van der Waals surface area (Å²) in [7, 11) is 1.64. The maximum absolute atomic E-state index is 12.3. The topological polar surface area (TPSA) is 60.8 Å². The van der Waals surface area contributed by atoms with Crippen molar-refractivity contribution in [2.45, 2.75) is 13.5 Å². The Morgan fingerprint density at radius 2 is 1.90 bits per heavy atom. The van der Waals surface area contributed by atoms with Crippen LogP contribution in [0.4, 0.5) is 0 Å². The smallest absolute Gasteiger partial charge is 0.257 e. The Kier molecular flexibility index (Phi) is 4.38. The molecule has 0 aromatic heterocycles. The minimum absolute atomic E-state index is 0.0279. The number of rotatable bonds is 3. The van der Waals surface area contributed by atoms with E-state index in [1.807, 2.05) is 31.2 Å². The molecule has 1 amide bonds. The number of hydrogen-bond acceptors (Lipinski definition) is 3. The number of phenolic OH excluding ortho intramolecular Hbond substituents is 2. The molecule has 0 saturated heterocycles. The number of halogens is 1. The van der Waals surface area contributed by atoms with E-state index < -0.39 is 0 Å². The van der Waals surface area contributed by atoms with Crippen molar-refractivity contribution in [2.24, 2.45) is 0 Å². The van der Waals surface area contributed by atoms with Crippen molar-refractivity contribution in [3.8, 4) is 11.5 Å². The van der Waals surface area contributed by atoms with E-state index in [0.717, 1.165) is 17.2 Å². The van der Waals surface area contributed by atoms with Gasteiger partial charge in [0.15, 0.2) is 0 Å². The highest BCUT2D eigenvalue weighted by Gasteiger charge is 2.18. The molecule has 2 rings (SSSR count). The lowest BCUT2D eigenvalue weighted by molar-refractivity contribution is 0.0782. The van der Waals surface area contributed by atoms with E-state index in [1.54, 1.807) is 7.05 Å². The van der Waals surface area contributed by atoms with Gasteiger partial charge in [0.2, 0.25) is 0 Å². The fourth-order valence-electron chi connectivity index (χ4n) is 2.08. The van der Waals surface area contributed by atoms with Crippen LogP contribution in [0.15, 0.2) is 36.4 Å². The number of carbonyl (C=O) groups is 1. The van der Waals surface area contributed by atoms with Crippen molar-refractivity contribution < 1.29 is 15.0 Å². The molecule has 2 aromatic carbocycles. The summed E-state index contributed by atoms with van der Waals surface area (Å²) < 4.78 is 0. The number of benzene rings is 2. The lowest BCUT2D eigenvalue weighted by Gasteiger charge is -2.18. The summed E-state index contributed by atoms with van der Waals surface area (Å²) >= 11 is 5.78. The van der Waals surface area contributed by atoms with E-state index in [1.165, 1.54) is 11.0 Å². The van der Waals surface area contributed by atoms with E-state index in [4.69, 9.17) is 11.6 Å². The first-order chi connectivity index (χ1) is 9.88. The number of aromatic hydroxyl groups is 2. The van der Waals surface area contributed by atoms with Gasteiger partial charge in [0.05, 0.1) is 10.6 Å². The number of phenols is 2. The van der Waals surface area contributed by atoms with Crippen LogP contribution in [0, 0.1) is 6.92 Å². The van der Waals surface area contributed by atoms with Crippen LogP contribution in [0.2, 0.25) is 5.02 Å². The van der Waals surface area contributed by atoms with Crippen LogP contribution in [0.1, 0.15) is 21.5 Å². The summed E-state index contributed by atoms with van der Waals surface area (Å²) in [6, 6.07) is 10.2. The first kappa shape index (κ1) is 15.2. The minimum Gasteiger partial charge on any atom is -0.507 e. The van der Waals surface area contributed by atoms with Gasteiger partial charge in [0, 0.05) is 19.7 Å². The molecular weight excluding hydrogens is 290 g/mol. The molecule has 4 nitrogen and oxygen atoms in total. The monoisotopic (exact) mass is 305 g/mol. The van der Waals surface area contributed by atoms with Gasteiger partial charge in [-0.3, -0.25) is 4.79 Å². The summed E-state index contributed by atoms with van der Waals surface area (Å²) in [4.78, 5) is 13.8. The highest BCUT2D eigenvalue weighted by Crippen LogP contribution is 2.31. The van der Waals surface area contributed by atoms with Crippen LogP contribution in [-0.4, -0.2) is 28.1 Å². The molecule has 0 aliphatic carbocycles. The lowest BCUT2D eigenvalue weighted by atomic mass is 10.1. The van der Waals surface area contributed by atoms with Crippen LogP contribution in [-0.2, 0) is 6.54 Å². The third-order valence-electron chi connectivity index (χ3n) is 3.14. The Morgan fingerprint density at radius 3 is 2.57 bits per heavy atom. The normalized spacial score (nSPS) is 10.4. The minimum atomic E-state index is -0.365. The highest BCUT2D eigenvalue weighted by atomic mass is 35.5. The molecule has 0 bridgehead atoms. The molecule has 0 atom stereocenters. The highest BCUT2D eigenvalue weighted by molar-refractivity contribution is 6.32. The van der Waals surface area contributed by atoms with Crippen LogP contribution in [0.3, 0.4) is 0 Å². The molecule has 0 fully saturated rings. The van der Waals surface area contributed by atoms with E-state index >= 15 is 0 Å². The zero-order chi connectivity index (χ0) is 15.6. The summed E-state index contributed by atoms with van der Waals surface area (Å²) in [5.41, 5.74) is 2.17. The molecule has 0 saturated carbocycles. The Labute approximate surface area is 128 Å². The fourth-order valence-corrected chi connectivity index (χ4v) is 2.25. The molecular formula is C16H16ClNO3. The standard InChI is InChI=1S/C16H16ClNO3/c1-10-4-3-5-11(6-10)9-18(2)16(21)12-7-13(17)15(20)8-14(12)19/h3-8,19-20H,9H2,1-2H3. The van der Waals surface area contributed by atoms with Crippen molar-refractivity contribution in [2.75, 3.05) is 7.05 Å². The second-order valence-electron chi connectivity index (χ2n) is 4.97. The quantitative estimate of drug-likeness (QED) is 0.914. The van der Waals surface area contributed by atoms with Gasteiger partial charge in [-0.25, -0.2) is 0 Å². The van der Waals surface area contributed by atoms with Gasteiger partial charge >= 0.3 is 0 Å². The molecule has 0 aliphatic heterocycles. The first-order valence-corrected chi connectivity index (χ1v) is 6.78. The maximum Gasteiger partial charge on any atom is 0.257 e. The summed E-state index contributed by atoms with van der Waals surface area (Å²) in [6.45, 7) is 2.40. The van der Waals surface area contributed by atoms with Crippen LogP contribution in [0.25, 0.3) is 0 Å². The third kappa shape index (κ3) is 3.47. The largest absolute Gasteiger partial charge is 0.507 e. The van der Waals surface area contributed by atoms with Crippen molar-refractivity contribution in [3.05, 3.63) is 58.1 Å². The second kappa shape index (κ2) is 6.06. The molecule has 0 radical (unpaired) electrons. The zero-order valence-electron chi connectivity index (χ0n) is 11.8. The Bertz CT molecular complexity index is 685. The average Bonchev–Trinajstić information content (AvgIpc) is 2.42. The predicted molar refractivity (Wildman–Crippen MR) is 81.8 cm³/mol. The van der Waals surface area contributed by atoms with Crippen LogP contribution < -0.4 is 0 Å². The second-order valence-corrected chi connectivity index (χ2v) is 5.38. The van der Waals surface area contributed by atoms with Gasteiger partial charge in [-0.1, -0.05) is 41.4 Å². The third-order valence-corrected chi connectivity index (χ3v) is 3.45. The Balaban J connectivity index is 2.22. The molecule has 2 aromatic rings. The molecule has 0 spiro atoms. The molecule has 2 N–H and O–H groups in total. The predicted octanol–water partition coefficient (Wildman–Crippen LogP) is 3.33. The fraction of sp³-hybridized carbons (Fsp3) is 0.188. The molecule has 0 unspecified atom stereocenters. The molecule has 0 heterocycles. The number of aryl methyl sites for hydroxylation is 1. The summed E-state index contributed by atoms with van der Waals surface area (Å²) in [5, 5.41) is 19.2. The van der Waals surface area contributed by atoms with Crippen LogP contribution in [0.5, 0.6) is 11.5 Å². The van der Waals surface area contributed by atoms with Gasteiger partial charge in [0.1, 0.15) is 11.5 Å². The molecule has 5 heteroatoms. The van der Waals surface area contributed by atoms with Gasteiger partial charge in [-0.2, -0.15) is 0 Å². The number of carbonyl (C=O) groups excluding carboxylic acids is 1. The number of hydrogen-bond donors (Lipinski definition) is 2. The van der Waals surface area contributed by atoms with E-state index in [9.17, 15) is 15.0 Å². The van der Waals surface area contributed by atoms with Gasteiger partial charge in [-0.05, 0) is 18.6 Å². The zero-order valence-corrected chi connectivity index (χ0v) is 12.6. The Hall–Kier alpha value is -2.20. The van der Waals surface area contributed by atoms with Gasteiger partial charge in [-0.15, -0.1) is 0 Å². The van der Waals surface area contributed by atoms with Gasteiger partial charge in [0.25, 0.3) is 5.91 Å². The summed E-state index contributed by atoms with van der Waals surface area (Å²) in [6.07, 6.45) is 0. The van der Waals surface area contributed by atoms with E-state index in [0.29, 0.717) is 6.54 Å². The SMILES string of the molecule is Cc1cccc(CN(C)C(=O)c2cc(Cl)c(O)cc2O)c1. The number of nitrogens with zero attached hydrogens (tertiary/aromatic N) is 1.